The number of ether oxygens (including phenoxy) is 2. The number of methoxy groups -OCH3 is 1. The zero-order chi connectivity index (χ0) is 27.5. The number of rotatable bonds is 8. The molecular weight excluding hydrogens is 502 g/mol. The molecule has 0 aliphatic carbocycles. The standard InChI is InChI=1S/C31H27N7O2/c1-20-17-23(22-13-15-33-16-14-22)5-12-27(20)40-30-28-29(36-31(37-30)35-25-8-6-24(32)7-9-25)34-19-38(28)18-21-3-10-26(39-2)11-4-21/h3-17,19H,18,32H2,1-2H3,(H,35,36,37). The largest absolute Gasteiger partial charge is 0.497 e. The van der Waals surface area contributed by atoms with Crippen LogP contribution in [0.1, 0.15) is 11.1 Å². The third kappa shape index (κ3) is 5.25. The highest BCUT2D eigenvalue weighted by Crippen LogP contribution is 2.33. The summed E-state index contributed by atoms with van der Waals surface area (Å²) in [4.78, 5) is 18.1. The molecule has 3 N–H and O–H groups in total. The van der Waals surface area contributed by atoms with Crippen LogP contribution in [0.25, 0.3) is 22.3 Å². The molecule has 0 fully saturated rings. The van der Waals surface area contributed by atoms with Crippen LogP contribution in [-0.2, 0) is 6.54 Å². The Morgan fingerprint density at radius 1 is 0.875 bits per heavy atom. The van der Waals surface area contributed by atoms with Crippen molar-refractivity contribution in [3.63, 3.8) is 0 Å². The van der Waals surface area contributed by atoms with E-state index in [1.165, 1.54) is 0 Å². The van der Waals surface area contributed by atoms with Gasteiger partial charge in [0.05, 0.1) is 13.4 Å². The summed E-state index contributed by atoms with van der Waals surface area (Å²) in [5, 5.41) is 3.24. The molecule has 3 heterocycles. The number of nitrogen functional groups attached to an aromatic ring is 1. The van der Waals surface area contributed by atoms with Crippen LogP contribution in [0.3, 0.4) is 0 Å². The van der Waals surface area contributed by atoms with Crippen molar-refractivity contribution in [3.8, 4) is 28.5 Å². The van der Waals surface area contributed by atoms with Crippen LogP contribution in [0.2, 0.25) is 0 Å². The SMILES string of the molecule is COc1ccc(Cn2cnc3nc(Nc4ccc(N)cc4)nc(Oc4ccc(-c5ccncc5)cc4C)c32)cc1. The van der Waals surface area contributed by atoms with Crippen LogP contribution in [0.4, 0.5) is 17.3 Å². The first kappa shape index (κ1) is 24.9. The lowest BCUT2D eigenvalue weighted by Gasteiger charge is -2.14. The van der Waals surface area contributed by atoms with Gasteiger partial charge in [-0.2, -0.15) is 9.97 Å². The Morgan fingerprint density at radius 2 is 1.65 bits per heavy atom. The first-order valence-electron chi connectivity index (χ1n) is 12.7. The van der Waals surface area contributed by atoms with Crippen molar-refractivity contribution >= 4 is 28.5 Å². The lowest BCUT2D eigenvalue weighted by molar-refractivity contribution is 0.414. The Hall–Kier alpha value is -5.44. The first-order chi connectivity index (χ1) is 19.6. The van der Waals surface area contributed by atoms with Crippen LogP contribution in [0.15, 0.2) is 97.6 Å². The topological polar surface area (TPSA) is 113 Å². The Morgan fingerprint density at radius 3 is 2.38 bits per heavy atom. The van der Waals surface area contributed by atoms with E-state index in [-0.39, 0.29) is 0 Å². The fourth-order valence-corrected chi connectivity index (χ4v) is 4.41. The monoisotopic (exact) mass is 529 g/mol. The molecule has 0 spiro atoms. The molecule has 0 aliphatic heterocycles. The van der Waals surface area contributed by atoms with E-state index in [1.54, 1.807) is 25.8 Å². The molecule has 9 heteroatoms. The minimum Gasteiger partial charge on any atom is -0.497 e. The van der Waals surface area contributed by atoms with Gasteiger partial charge in [0.15, 0.2) is 11.2 Å². The summed E-state index contributed by atoms with van der Waals surface area (Å²) >= 11 is 0. The van der Waals surface area contributed by atoms with Crippen LogP contribution >= 0.6 is 0 Å². The van der Waals surface area contributed by atoms with E-state index in [0.717, 1.165) is 33.7 Å². The number of nitrogens with two attached hydrogens (primary N) is 1. The first-order valence-corrected chi connectivity index (χ1v) is 12.7. The van der Waals surface area contributed by atoms with Crippen molar-refractivity contribution in [1.82, 2.24) is 24.5 Å². The summed E-state index contributed by atoms with van der Waals surface area (Å²) in [6, 6.07) is 25.3. The quantitative estimate of drug-likeness (QED) is 0.219. The second-order valence-electron chi connectivity index (χ2n) is 9.31. The van der Waals surface area contributed by atoms with E-state index in [1.807, 2.05) is 84.3 Å². The number of nitrogens with one attached hydrogen (secondary N) is 1. The van der Waals surface area contributed by atoms with Gasteiger partial charge in [-0.3, -0.25) is 4.98 Å². The Labute approximate surface area is 231 Å². The molecule has 0 unspecified atom stereocenters. The Kier molecular flexibility index (Phi) is 6.68. The fraction of sp³-hybridized carbons (Fsp3) is 0.0968. The maximum Gasteiger partial charge on any atom is 0.250 e. The molecule has 0 atom stereocenters. The molecule has 6 rings (SSSR count). The highest BCUT2D eigenvalue weighted by molar-refractivity contribution is 5.79. The molecule has 6 aromatic rings. The van der Waals surface area contributed by atoms with Gasteiger partial charge in [0.1, 0.15) is 11.5 Å². The van der Waals surface area contributed by atoms with Gasteiger partial charge in [-0.25, -0.2) is 4.98 Å². The van der Waals surface area contributed by atoms with Gasteiger partial charge in [-0.15, -0.1) is 0 Å². The van der Waals surface area contributed by atoms with E-state index in [4.69, 9.17) is 20.2 Å². The number of aryl methyl sites for hydroxylation is 1. The number of hydrogen-bond donors (Lipinski definition) is 2. The van der Waals surface area contributed by atoms with E-state index in [2.05, 4.69) is 26.3 Å². The average Bonchev–Trinajstić information content (AvgIpc) is 3.38. The fourth-order valence-electron chi connectivity index (χ4n) is 4.41. The molecule has 0 saturated heterocycles. The molecule has 3 aromatic heterocycles. The molecule has 0 amide bonds. The summed E-state index contributed by atoms with van der Waals surface area (Å²) in [5.74, 6) is 2.26. The number of hydrogen-bond acceptors (Lipinski definition) is 8. The summed E-state index contributed by atoms with van der Waals surface area (Å²) in [6.45, 7) is 2.57. The van der Waals surface area contributed by atoms with E-state index < -0.39 is 0 Å². The van der Waals surface area contributed by atoms with Crippen molar-refractivity contribution < 1.29 is 9.47 Å². The third-order valence-electron chi connectivity index (χ3n) is 6.51. The number of anilines is 3. The van der Waals surface area contributed by atoms with E-state index >= 15 is 0 Å². The van der Waals surface area contributed by atoms with Crippen molar-refractivity contribution in [3.05, 3.63) is 109 Å². The Bertz CT molecular complexity index is 1770. The van der Waals surface area contributed by atoms with Crippen molar-refractivity contribution in [2.75, 3.05) is 18.2 Å². The second kappa shape index (κ2) is 10.7. The maximum atomic E-state index is 6.48. The smallest absolute Gasteiger partial charge is 0.250 e. The number of benzene rings is 3. The normalized spacial score (nSPS) is 10.9. The number of nitrogens with zero attached hydrogens (tertiary/aromatic N) is 5. The number of pyridine rings is 1. The van der Waals surface area contributed by atoms with Gasteiger partial charge in [-0.05, 0) is 89.8 Å². The minimum absolute atomic E-state index is 0.369. The predicted octanol–water partition coefficient (Wildman–Crippen LogP) is 6.37. The van der Waals surface area contributed by atoms with Gasteiger partial charge in [0, 0.05) is 30.3 Å². The molecule has 40 heavy (non-hydrogen) atoms. The van der Waals surface area contributed by atoms with Gasteiger partial charge in [0.25, 0.3) is 5.88 Å². The van der Waals surface area contributed by atoms with Gasteiger partial charge >= 0.3 is 0 Å². The number of fused-ring (bicyclic) bond motifs is 1. The van der Waals surface area contributed by atoms with Crippen molar-refractivity contribution in [2.45, 2.75) is 13.5 Å². The molecular formula is C31H27N7O2. The van der Waals surface area contributed by atoms with Crippen LogP contribution in [0, 0.1) is 6.92 Å². The minimum atomic E-state index is 0.369. The molecule has 0 bridgehead atoms. The molecule has 3 aromatic carbocycles. The van der Waals surface area contributed by atoms with Crippen LogP contribution in [-0.4, -0.2) is 31.6 Å². The molecule has 0 saturated carbocycles. The Balaban J connectivity index is 1.39. The zero-order valence-electron chi connectivity index (χ0n) is 22.1. The van der Waals surface area contributed by atoms with Crippen LogP contribution in [0.5, 0.6) is 17.4 Å². The average molecular weight is 530 g/mol. The number of aromatic nitrogens is 5. The van der Waals surface area contributed by atoms with Gasteiger partial charge in [0.2, 0.25) is 5.95 Å². The zero-order valence-corrected chi connectivity index (χ0v) is 22.1. The van der Waals surface area contributed by atoms with Crippen molar-refractivity contribution in [2.24, 2.45) is 0 Å². The summed E-state index contributed by atoms with van der Waals surface area (Å²) in [6.07, 6.45) is 5.32. The second-order valence-corrected chi connectivity index (χ2v) is 9.31. The molecule has 198 valence electrons. The highest BCUT2D eigenvalue weighted by Gasteiger charge is 2.18. The molecule has 0 radical (unpaired) electrons. The molecule has 9 nitrogen and oxygen atoms in total. The lowest BCUT2D eigenvalue weighted by atomic mass is 10.0. The third-order valence-corrected chi connectivity index (χ3v) is 6.51. The van der Waals surface area contributed by atoms with Gasteiger partial charge in [-0.1, -0.05) is 18.2 Å². The van der Waals surface area contributed by atoms with E-state index in [0.29, 0.717) is 41.0 Å². The van der Waals surface area contributed by atoms with E-state index in [9.17, 15) is 0 Å². The summed E-state index contributed by atoms with van der Waals surface area (Å²) in [7, 11) is 1.65. The highest BCUT2D eigenvalue weighted by atomic mass is 16.5. The lowest BCUT2D eigenvalue weighted by Crippen LogP contribution is -2.04. The predicted molar refractivity (Wildman–Crippen MR) is 156 cm³/mol. The summed E-state index contributed by atoms with van der Waals surface area (Å²) < 4.78 is 13.8. The van der Waals surface area contributed by atoms with Crippen LogP contribution < -0.4 is 20.5 Å². The van der Waals surface area contributed by atoms with Gasteiger partial charge < -0.3 is 25.1 Å². The molecule has 0 aliphatic rings. The number of imidazole rings is 1. The summed E-state index contributed by atoms with van der Waals surface area (Å²) in [5.41, 5.74) is 12.7. The maximum absolute atomic E-state index is 6.48. The van der Waals surface area contributed by atoms with Crippen molar-refractivity contribution in [1.29, 1.82) is 0 Å².